The van der Waals surface area contributed by atoms with E-state index in [1.165, 1.54) is 28.4 Å². The number of nitrogens with zero attached hydrogens (tertiary/aromatic N) is 2. The van der Waals surface area contributed by atoms with Crippen LogP contribution in [0.1, 0.15) is 20.9 Å². The van der Waals surface area contributed by atoms with Gasteiger partial charge in [-0.2, -0.15) is 0 Å². The molecule has 0 spiro atoms. The fraction of sp³-hybridized carbons (Fsp3) is 0.231. The van der Waals surface area contributed by atoms with Gasteiger partial charge in [0, 0.05) is 11.9 Å². The Bertz CT molecular complexity index is 575. The SMILES string of the molecule is Cc1nc(N(C)C(=O)c2ccccc2F)sc1C. The van der Waals surface area contributed by atoms with E-state index in [1.807, 2.05) is 13.8 Å². The summed E-state index contributed by atoms with van der Waals surface area (Å²) in [5.74, 6) is -0.902. The lowest BCUT2D eigenvalue weighted by atomic mass is 10.2. The molecule has 94 valence electrons. The van der Waals surface area contributed by atoms with Crippen molar-refractivity contribution in [3.63, 3.8) is 0 Å². The van der Waals surface area contributed by atoms with Crippen molar-refractivity contribution >= 4 is 22.4 Å². The maximum absolute atomic E-state index is 13.5. The molecule has 1 aromatic heterocycles. The Morgan fingerprint density at radius 3 is 2.56 bits per heavy atom. The lowest BCUT2D eigenvalue weighted by molar-refractivity contribution is 0.0989. The molecule has 18 heavy (non-hydrogen) atoms. The number of rotatable bonds is 2. The summed E-state index contributed by atoms with van der Waals surface area (Å²) in [4.78, 5) is 18.9. The molecule has 0 saturated carbocycles. The van der Waals surface area contributed by atoms with Crippen LogP contribution in [0.3, 0.4) is 0 Å². The summed E-state index contributed by atoms with van der Waals surface area (Å²) in [6, 6.07) is 5.95. The van der Waals surface area contributed by atoms with Gasteiger partial charge in [0.1, 0.15) is 5.82 Å². The lowest BCUT2D eigenvalue weighted by Crippen LogP contribution is -2.26. The molecule has 5 heteroatoms. The maximum Gasteiger partial charge on any atom is 0.262 e. The Balaban J connectivity index is 2.32. The van der Waals surface area contributed by atoms with Crippen molar-refractivity contribution in [3.05, 3.63) is 46.2 Å². The van der Waals surface area contributed by atoms with Crippen LogP contribution in [-0.4, -0.2) is 17.9 Å². The first-order valence-electron chi connectivity index (χ1n) is 5.47. The van der Waals surface area contributed by atoms with E-state index in [9.17, 15) is 9.18 Å². The standard InChI is InChI=1S/C13H13FN2OS/c1-8-9(2)18-13(15-8)16(3)12(17)10-6-4-5-7-11(10)14/h4-7H,1-3H3. The number of hydrogen-bond acceptors (Lipinski definition) is 3. The van der Waals surface area contributed by atoms with Crippen molar-refractivity contribution in [2.24, 2.45) is 0 Å². The van der Waals surface area contributed by atoms with Crippen molar-refractivity contribution in [1.29, 1.82) is 0 Å². The minimum atomic E-state index is -0.514. The van der Waals surface area contributed by atoms with Crippen LogP contribution in [0.25, 0.3) is 0 Å². The molecule has 1 amide bonds. The highest BCUT2D eigenvalue weighted by Crippen LogP contribution is 2.25. The molecule has 0 N–H and O–H groups in total. The van der Waals surface area contributed by atoms with E-state index >= 15 is 0 Å². The summed E-state index contributed by atoms with van der Waals surface area (Å²) >= 11 is 1.42. The molecule has 1 heterocycles. The van der Waals surface area contributed by atoms with Crippen LogP contribution in [0.4, 0.5) is 9.52 Å². The summed E-state index contributed by atoms with van der Waals surface area (Å²) in [6.45, 7) is 3.83. The second-order valence-corrected chi connectivity index (χ2v) is 5.16. The van der Waals surface area contributed by atoms with Gasteiger partial charge in [0.25, 0.3) is 5.91 Å². The van der Waals surface area contributed by atoms with Crippen LogP contribution >= 0.6 is 11.3 Å². The van der Waals surface area contributed by atoms with Crippen molar-refractivity contribution in [2.75, 3.05) is 11.9 Å². The number of carbonyl (C=O) groups excluding carboxylic acids is 1. The van der Waals surface area contributed by atoms with Crippen LogP contribution < -0.4 is 4.90 Å². The molecular weight excluding hydrogens is 251 g/mol. The number of amides is 1. The van der Waals surface area contributed by atoms with Crippen LogP contribution in [-0.2, 0) is 0 Å². The molecule has 2 aromatic rings. The molecule has 0 unspecified atom stereocenters. The highest BCUT2D eigenvalue weighted by molar-refractivity contribution is 7.15. The summed E-state index contributed by atoms with van der Waals surface area (Å²) in [5.41, 5.74) is 0.952. The Labute approximate surface area is 109 Å². The molecule has 0 fully saturated rings. The lowest BCUT2D eigenvalue weighted by Gasteiger charge is -2.13. The number of aromatic nitrogens is 1. The van der Waals surface area contributed by atoms with Crippen molar-refractivity contribution in [2.45, 2.75) is 13.8 Å². The van der Waals surface area contributed by atoms with E-state index in [0.717, 1.165) is 10.6 Å². The number of anilines is 1. The minimum Gasteiger partial charge on any atom is -0.287 e. The molecule has 0 radical (unpaired) electrons. The van der Waals surface area contributed by atoms with E-state index in [4.69, 9.17) is 0 Å². The molecule has 0 atom stereocenters. The topological polar surface area (TPSA) is 33.2 Å². The second-order valence-electron chi connectivity index (χ2n) is 3.98. The fourth-order valence-electron chi connectivity index (χ4n) is 1.50. The van der Waals surface area contributed by atoms with E-state index in [1.54, 1.807) is 19.2 Å². The Morgan fingerprint density at radius 2 is 2.00 bits per heavy atom. The second kappa shape index (κ2) is 4.86. The number of hydrogen-bond donors (Lipinski definition) is 0. The molecule has 0 aliphatic carbocycles. The number of halogens is 1. The monoisotopic (exact) mass is 264 g/mol. The smallest absolute Gasteiger partial charge is 0.262 e. The van der Waals surface area contributed by atoms with Gasteiger partial charge in [0.2, 0.25) is 0 Å². The Hall–Kier alpha value is -1.75. The molecule has 0 aliphatic heterocycles. The predicted molar refractivity (Wildman–Crippen MR) is 70.7 cm³/mol. The van der Waals surface area contributed by atoms with Gasteiger partial charge in [-0.25, -0.2) is 9.37 Å². The van der Waals surface area contributed by atoms with Gasteiger partial charge in [-0.3, -0.25) is 9.69 Å². The zero-order valence-electron chi connectivity index (χ0n) is 10.4. The predicted octanol–water partition coefficient (Wildman–Crippen LogP) is 3.18. The van der Waals surface area contributed by atoms with E-state index in [-0.39, 0.29) is 11.5 Å². The average Bonchev–Trinajstić information content (AvgIpc) is 2.68. The van der Waals surface area contributed by atoms with Gasteiger partial charge in [0.15, 0.2) is 5.13 Å². The van der Waals surface area contributed by atoms with Crippen LogP contribution in [0.5, 0.6) is 0 Å². The van der Waals surface area contributed by atoms with Gasteiger partial charge >= 0.3 is 0 Å². The Kier molecular flexibility index (Phi) is 3.43. The minimum absolute atomic E-state index is 0.0607. The highest BCUT2D eigenvalue weighted by Gasteiger charge is 2.19. The highest BCUT2D eigenvalue weighted by atomic mass is 32.1. The van der Waals surface area contributed by atoms with Crippen LogP contribution in [0, 0.1) is 19.7 Å². The number of benzene rings is 1. The molecular formula is C13H13FN2OS. The third kappa shape index (κ3) is 2.26. The van der Waals surface area contributed by atoms with Gasteiger partial charge in [-0.15, -0.1) is 11.3 Å². The third-order valence-corrected chi connectivity index (χ3v) is 3.86. The first-order chi connectivity index (χ1) is 8.50. The molecule has 0 aliphatic rings. The van der Waals surface area contributed by atoms with Gasteiger partial charge in [-0.05, 0) is 26.0 Å². The van der Waals surface area contributed by atoms with E-state index in [0.29, 0.717) is 5.13 Å². The zero-order chi connectivity index (χ0) is 13.3. The van der Waals surface area contributed by atoms with Crippen LogP contribution in [0.2, 0.25) is 0 Å². The molecule has 1 aromatic carbocycles. The van der Waals surface area contributed by atoms with E-state index < -0.39 is 5.82 Å². The third-order valence-electron chi connectivity index (χ3n) is 2.71. The summed E-state index contributed by atoms with van der Waals surface area (Å²) in [7, 11) is 1.60. The van der Waals surface area contributed by atoms with Crippen molar-refractivity contribution < 1.29 is 9.18 Å². The van der Waals surface area contributed by atoms with Crippen LogP contribution in [0.15, 0.2) is 24.3 Å². The number of carbonyl (C=O) groups is 1. The quantitative estimate of drug-likeness (QED) is 0.834. The van der Waals surface area contributed by atoms with Gasteiger partial charge < -0.3 is 0 Å². The molecule has 3 nitrogen and oxygen atoms in total. The molecule has 0 saturated heterocycles. The number of aryl methyl sites for hydroxylation is 2. The zero-order valence-corrected chi connectivity index (χ0v) is 11.2. The largest absolute Gasteiger partial charge is 0.287 e. The fourth-order valence-corrected chi connectivity index (χ4v) is 2.37. The Morgan fingerprint density at radius 1 is 1.33 bits per heavy atom. The normalized spacial score (nSPS) is 10.4. The summed E-state index contributed by atoms with van der Waals surface area (Å²) in [6.07, 6.45) is 0. The molecule has 2 rings (SSSR count). The van der Waals surface area contributed by atoms with Crippen molar-refractivity contribution in [1.82, 2.24) is 4.98 Å². The summed E-state index contributed by atoms with van der Waals surface area (Å²) < 4.78 is 13.5. The maximum atomic E-state index is 13.5. The number of thiazole rings is 1. The molecule has 0 bridgehead atoms. The summed E-state index contributed by atoms with van der Waals surface area (Å²) in [5, 5.41) is 0.582. The van der Waals surface area contributed by atoms with E-state index in [2.05, 4.69) is 4.98 Å². The van der Waals surface area contributed by atoms with Gasteiger partial charge in [0.05, 0.1) is 11.3 Å². The average molecular weight is 264 g/mol. The van der Waals surface area contributed by atoms with Gasteiger partial charge in [-0.1, -0.05) is 12.1 Å². The first-order valence-corrected chi connectivity index (χ1v) is 6.29. The first kappa shape index (κ1) is 12.7. The van der Waals surface area contributed by atoms with Crippen molar-refractivity contribution in [3.8, 4) is 0 Å².